The van der Waals surface area contributed by atoms with E-state index in [4.69, 9.17) is 4.52 Å². The molecule has 1 heterocycles. The Hall–Kier alpha value is -4.55. The first-order chi connectivity index (χ1) is 16.9. The molecule has 36 heavy (non-hydrogen) atoms. The van der Waals surface area contributed by atoms with Crippen LogP contribution in [-0.2, 0) is 4.79 Å². The van der Waals surface area contributed by atoms with Gasteiger partial charge in [-0.25, -0.2) is 9.59 Å². The second kappa shape index (κ2) is 10.8. The molecule has 3 amide bonds. The molecular weight excluding hydrogens is 485 g/mol. The second-order valence-electron chi connectivity index (χ2n) is 7.81. The number of ether oxygens (including phenoxy) is 1. The number of para-hydroxylation sites is 2. The number of aliphatic carboxylic acids is 1. The van der Waals surface area contributed by atoms with Crippen LogP contribution >= 0.6 is 0 Å². The quantitative estimate of drug-likeness (QED) is 0.346. The molecule has 13 heteroatoms. The number of aromatic nitrogens is 1. The van der Waals surface area contributed by atoms with Crippen LogP contribution in [0, 0.1) is 5.92 Å². The minimum atomic E-state index is -4.92. The van der Waals surface area contributed by atoms with Crippen LogP contribution in [0.3, 0.4) is 0 Å². The van der Waals surface area contributed by atoms with Gasteiger partial charge in [-0.1, -0.05) is 43.3 Å². The highest BCUT2D eigenvalue weighted by Gasteiger charge is 2.32. The highest BCUT2D eigenvalue weighted by molar-refractivity contribution is 6.00. The zero-order valence-corrected chi connectivity index (χ0v) is 18.9. The number of nitrogens with zero attached hydrogens (tertiary/aromatic N) is 1. The fourth-order valence-corrected chi connectivity index (χ4v) is 3.04. The summed E-state index contributed by atoms with van der Waals surface area (Å²) in [6, 6.07) is 10.6. The first-order valence-electron chi connectivity index (χ1n) is 10.5. The molecule has 0 aliphatic heterocycles. The number of carbonyl (C=O) groups is 3. The van der Waals surface area contributed by atoms with Gasteiger partial charge in [0.2, 0.25) is 5.76 Å². The van der Waals surface area contributed by atoms with Gasteiger partial charge in [-0.15, -0.1) is 13.2 Å². The minimum absolute atomic E-state index is 0.181. The van der Waals surface area contributed by atoms with E-state index >= 15 is 0 Å². The SMILES string of the molecule is CC(C)[C@H](NC(=O)c1cc(-c2ccc(NC(=O)Nc3ccccc3OC(F)(F)F)cc2)no1)C(=O)O. The summed E-state index contributed by atoms with van der Waals surface area (Å²) in [7, 11) is 0. The topological polar surface area (TPSA) is 143 Å². The third-order valence-electron chi connectivity index (χ3n) is 4.75. The predicted octanol–water partition coefficient (Wildman–Crippen LogP) is 4.72. The normalized spacial score (nSPS) is 12.1. The van der Waals surface area contributed by atoms with Crippen molar-refractivity contribution >= 4 is 29.3 Å². The third kappa shape index (κ3) is 6.98. The fraction of sp³-hybridized carbons (Fsp3) is 0.217. The Labute approximate surface area is 202 Å². The Morgan fingerprint density at radius 1 is 1.03 bits per heavy atom. The molecule has 1 atom stereocenters. The molecule has 0 aliphatic carbocycles. The number of carboxylic acids is 1. The Kier molecular flexibility index (Phi) is 7.82. The fourth-order valence-electron chi connectivity index (χ4n) is 3.04. The van der Waals surface area contributed by atoms with Crippen molar-refractivity contribution in [2.24, 2.45) is 5.92 Å². The lowest BCUT2D eigenvalue weighted by molar-refractivity contribution is -0.274. The number of hydrogen-bond acceptors (Lipinski definition) is 6. The van der Waals surface area contributed by atoms with Crippen LogP contribution in [0.1, 0.15) is 24.4 Å². The number of nitrogens with one attached hydrogen (secondary N) is 3. The lowest BCUT2D eigenvalue weighted by Gasteiger charge is -2.16. The largest absolute Gasteiger partial charge is 0.573 e. The smallest absolute Gasteiger partial charge is 0.480 e. The van der Waals surface area contributed by atoms with Crippen LogP contribution in [0.25, 0.3) is 11.3 Å². The first kappa shape index (κ1) is 26.1. The zero-order valence-electron chi connectivity index (χ0n) is 18.9. The van der Waals surface area contributed by atoms with Gasteiger partial charge in [0.1, 0.15) is 11.7 Å². The number of alkyl halides is 3. The number of halogens is 3. The molecule has 0 unspecified atom stereocenters. The van der Waals surface area contributed by atoms with Gasteiger partial charge < -0.3 is 30.3 Å². The Morgan fingerprint density at radius 3 is 2.31 bits per heavy atom. The lowest BCUT2D eigenvalue weighted by Crippen LogP contribution is -2.44. The van der Waals surface area contributed by atoms with E-state index in [1.165, 1.54) is 36.4 Å². The number of anilines is 2. The van der Waals surface area contributed by atoms with Gasteiger partial charge >= 0.3 is 18.4 Å². The maximum atomic E-state index is 12.5. The number of amides is 3. The highest BCUT2D eigenvalue weighted by atomic mass is 19.4. The molecule has 0 spiro atoms. The van der Waals surface area contributed by atoms with Crippen LogP contribution in [-0.4, -0.2) is 40.6 Å². The average molecular weight is 506 g/mol. The molecule has 0 aliphatic rings. The monoisotopic (exact) mass is 506 g/mol. The maximum Gasteiger partial charge on any atom is 0.573 e. The van der Waals surface area contributed by atoms with E-state index in [9.17, 15) is 32.7 Å². The molecular formula is C23H21F3N4O6. The molecule has 1 aromatic heterocycles. The van der Waals surface area contributed by atoms with Crippen LogP contribution in [0.2, 0.25) is 0 Å². The number of carboxylic acid groups (broad SMARTS) is 1. The van der Waals surface area contributed by atoms with E-state index in [2.05, 4.69) is 25.8 Å². The molecule has 0 saturated carbocycles. The lowest BCUT2D eigenvalue weighted by atomic mass is 10.0. The second-order valence-corrected chi connectivity index (χ2v) is 7.81. The molecule has 0 saturated heterocycles. The summed E-state index contributed by atoms with van der Waals surface area (Å²) in [5, 5.41) is 20.1. The third-order valence-corrected chi connectivity index (χ3v) is 4.75. The van der Waals surface area contributed by atoms with Crippen molar-refractivity contribution in [1.29, 1.82) is 0 Å². The summed E-state index contributed by atoms with van der Waals surface area (Å²) in [6.45, 7) is 3.30. The van der Waals surface area contributed by atoms with E-state index in [1.54, 1.807) is 26.0 Å². The van der Waals surface area contributed by atoms with Gasteiger partial charge in [0.05, 0.1) is 5.69 Å². The van der Waals surface area contributed by atoms with Crippen molar-refractivity contribution in [3.05, 3.63) is 60.4 Å². The van der Waals surface area contributed by atoms with Gasteiger partial charge in [-0.3, -0.25) is 4.79 Å². The van der Waals surface area contributed by atoms with Crippen LogP contribution in [0.4, 0.5) is 29.3 Å². The number of benzene rings is 2. The Bertz CT molecular complexity index is 1240. The molecule has 10 nitrogen and oxygen atoms in total. The first-order valence-corrected chi connectivity index (χ1v) is 10.5. The molecule has 3 aromatic rings. The predicted molar refractivity (Wildman–Crippen MR) is 121 cm³/mol. The van der Waals surface area contributed by atoms with Gasteiger partial charge in [0.25, 0.3) is 5.91 Å². The Morgan fingerprint density at radius 2 is 1.69 bits per heavy atom. The standard InChI is InChI=1S/C23H21F3N4O6/c1-12(2)19(21(32)33)29-20(31)18-11-16(30-36-18)13-7-9-14(10-8-13)27-22(34)28-15-5-3-4-6-17(15)35-23(24,25)26/h3-12,19H,1-2H3,(H,29,31)(H,32,33)(H2,27,28,34)/t19-/m0/s1. The van der Waals surface area contributed by atoms with Gasteiger partial charge in [-0.05, 0) is 30.2 Å². The minimum Gasteiger partial charge on any atom is -0.480 e. The van der Waals surface area contributed by atoms with Gasteiger partial charge in [0, 0.05) is 17.3 Å². The molecule has 0 bridgehead atoms. The Balaban J connectivity index is 1.63. The molecule has 0 fully saturated rings. The van der Waals surface area contributed by atoms with E-state index < -0.39 is 36.1 Å². The molecule has 2 aromatic carbocycles. The zero-order chi connectivity index (χ0) is 26.5. The summed E-state index contributed by atoms with van der Waals surface area (Å²) in [5.74, 6) is -3.01. The van der Waals surface area contributed by atoms with Crippen molar-refractivity contribution in [3.63, 3.8) is 0 Å². The van der Waals surface area contributed by atoms with Crippen LogP contribution in [0.15, 0.2) is 59.1 Å². The van der Waals surface area contributed by atoms with Crippen LogP contribution < -0.4 is 20.7 Å². The summed E-state index contributed by atoms with van der Waals surface area (Å²) in [4.78, 5) is 35.8. The van der Waals surface area contributed by atoms with E-state index in [0.717, 1.165) is 6.07 Å². The van der Waals surface area contributed by atoms with Gasteiger partial charge in [-0.2, -0.15) is 0 Å². The van der Waals surface area contributed by atoms with E-state index in [0.29, 0.717) is 11.3 Å². The van der Waals surface area contributed by atoms with Crippen molar-refractivity contribution in [3.8, 4) is 17.0 Å². The summed E-state index contributed by atoms with van der Waals surface area (Å²) in [5.41, 5.74) is 0.935. The number of rotatable bonds is 8. The molecule has 3 rings (SSSR count). The maximum absolute atomic E-state index is 12.5. The average Bonchev–Trinajstić information content (AvgIpc) is 3.28. The highest BCUT2D eigenvalue weighted by Crippen LogP contribution is 2.30. The van der Waals surface area contributed by atoms with Crippen molar-refractivity contribution in [2.75, 3.05) is 10.6 Å². The van der Waals surface area contributed by atoms with Crippen molar-refractivity contribution in [1.82, 2.24) is 10.5 Å². The van der Waals surface area contributed by atoms with Crippen LogP contribution in [0.5, 0.6) is 5.75 Å². The molecule has 4 N–H and O–H groups in total. The summed E-state index contributed by atoms with van der Waals surface area (Å²) >= 11 is 0. The van der Waals surface area contributed by atoms with E-state index in [1.807, 2.05) is 0 Å². The van der Waals surface area contributed by atoms with E-state index in [-0.39, 0.29) is 23.1 Å². The van der Waals surface area contributed by atoms with Crippen molar-refractivity contribution < 1.29 is 41.9 Å². The molecule has 190 valence electrons. The number of hydrogen-bond donors (Lipinski definition) is 4. The number of urea groups is 1. The van der Waals surface area contributed by atoms with Gasteiger partial charge in [0.15, 0.2) is 5.75 Å². The summed E-state index contributed by atoms with van der Waals surface area (Å²) < 4.78 is 46.5. The molecule has 0 radical (unpaired) electrons. The van der Waals surface area contributed by atoms with Crippen molar-refractivity contribution in [2.45, 2.75) is 26.3 Å². The summed E-state index contributed by atoms with van der Waals surface area (Å²) in [6.07, 6.45) is -4.92. The number of carbonyl (C=O) groups excluding carboxylic acids is 2.